The lowest BCUT2D eigenvalue weighted by atomic mass is 10.0. The molecule has 18 heteroatoms. The Balaban J connectivity index is -0.000000258. The summed E-state index contributed by atoms with van der Waals surface area (Å²) >= 11 is 0. The Morgan fingerprint density at radius 1 is 0.500 bits per heavy atom. The van der Waals surface area contributed by atoms with Crippen LogP contribution in [0.2, 0.25) is 0 Å². The highest BCUT2D eigenvalue weighted by atomic mass is 16.4. The molecule has 0 rings (SSSR count). The van der Waals surface area contributed by atoms with Crippen molar-refractivity contribution >= 4 is 41.7 Å². The number of carbonyl (C=O) groups is 7. The number of amides is 2. The fourth-order valence-electron chi connectivity index (χ4n) is 2.70. The van der Waals surface area contributed by atoms with Crippen LogP contribution in [0.1, 0.15) is 85.5 Å². The van der Waals surface area contributed by atoms with Gasteiger partial charge in [0, 0.05) is 27.7 Å². The Kier molecular flexibility index (Phi) is 40.0. The molecule has 0 aliphatic carbocycles. The molecular weight excluding hydrogens is 588 g/mol. The van der Waals surface area contributed by atoms with Crippen molar-refractivity contribution in [1.82, 2.24) is 10.6 Å². The zero-order valence-electron chi connectivity index (χ0n) is 26.1. The SMILES string of the molecule is CC(=O)O.CC(=O)O.CC(=O)O.CC(=O)O.NCCCC[C@H](NC(=O)[C@H](CCCCN)NC(=O)[C@@H](N)CCCCN)C(=O)O. The molecule has 0 aromatic carbocycles. The molecule has 0 aromatic heterocycles. The lowest BCUT2D eigenvalue weighted by Crippen LogP contribution is -2.54. The topological polar surface area (TPSA) is 349 Å². The number of rotatable bonds is 17. The molecule has 0 fully saturated rings. The normalized spacial score (nSPS) is 11.3. The third kappa shape index (κ3) is 54.2. The summed E-state index contributed by atoms with van der Waals surface area (Å²) in [6, 6.07) is -2.61. The Morgan fingerprint density at radius 3 is 1.07 bits per heavy atom. The largest absolute Gasteiger partial charge is 0.481 e. The van der Waals surface area contributed by atoms with E-state index in [1.165, 1.54) is 0 Å². The molecule has 0 unspecified atom stereocenters. The minimum Gasteiger partial charge on any atom is -0.481 e. The Morgan fingerprint density at radius 2 is 0.773 bits per heavy atom. The molecule has 0 aliphatic rings. The van der Waals surface area contributed by atoms with Crippen molar-refractivity contribution < 1.29 is 59.1 Å². The van der Waals surface area contributed by atoms with E-state index in [1.807, 2.05) is 0 Å². The van der Waals surface area contributed by atoms with Gasteiger partial charge in [-0.05, 0) is 71.0 Å². The van der Waals surface area contributed by atoms with Crippen LogP contribution in [-0.4, -0.2) is 105 Å². The Labute approximate surface area is 257 Å². The summed E-state index contributed by atoms with van der Waals surface area (Å²) in [6.45, 7) is 5.79. The number of aliphatic carboxylic acids is 5. The van der Waals surface area contributed by atoms with Crippen molar-refractivity contribution in [3.05, 3.63) is 0 Å². The molecule has 44 heavy (non-hydrogen) atoms. The van der Waals surface area contributed by atoms with Gasteiger partial charge in [0.05, 0.1) is 6.04 Å². The standard InChI is InChI=1S/C18H38N6O4.4C2H4O2/c19-10-4-1-7-13(22)16(25)23-14(8-2-5-11-20)17(26)24-15(18(27)28)9-3-6-12-21;4*1-2(3)4/h13-15H,1-12,19-22H2,(H,23,25)(H,24,26)(H,27,28);4*1H3,(H,3,4)/t13-,14-,15-;;;;/m0..../s1. The third-order valence-corrected chi connectivity index (χ3v) is 4.45. The van der Waals surface area contributed by atoms with Gasteiger partial charge in [0.1, 0.15) is 12.1 Å². The summed E-state index contributed by atoms with van der Waals surface area (Å²) < 4.78 is 0. The van der Waals surface area contributed by atoms with E-state index in [-0.39, 0.29) is 6.42 Å². The van der Waals surface area contributed by atoms with Gasteiger partial charge in [0.2, 0.25) is 11.8 Å². The number of nitrogens with two attached hydrogens (primary N) is 4. The number of unbranched alkanes of at least 4 members (excludes halogenated alkanes) is 3. The highest BCUT2D eigenvalue weighted by Crippen LogP contribution is 2.06. The average molecular weight is 643 g/mol. The first-order chi connectivity index (χ1) is 20.3. The maximum atomic E-state index is 12.6. The lowest BCUT2D eigenvalue weighted by Gasteiger charge is -2.23. The van der Waals surface area contributed by atoms with Crippen molar-refractivity contribution in [1.29, 1.82) is 0 Å². The van der Waals surface area contributed by atoms with Gasteiger partial charge in [0.25, 0.3) is 23.9 Å². The monoisotopic (exact) mass is 642 g/mol. The van der Waals surface area contributed by atoms with E-state index in [1.54, 1.807) is 0 Å². The first-order valence-electron chi connectivity index (χ1n) is 13.8. The van der Waals surface area contributed by atoms with Crippen molar-refractivity contribution in [3.8, 4) is 0 Å². The summed E-state index contributed by atoms with van der Waals surface area (Å²) in [5.41, 5.74) is 22.2. The zero-order chi connectivity index (χ0) is 35.7. The van der Waals surface area contributed by atoms with Gasteiger partial charge in [-0.15, -0.1) is 0 Å². The zero-order valence-corrected chi connectivity index (χ0v) is 26.1. The van der Waals surface area contributed by atoms with Gasteiger partial charge >= 0.3 is 5.97 Å². The van der Waals surface area contributed by atoms with E-state index in [4.69, 9.17) is 62.5 Å². The Hall–Kier alpha value is -3.87. The second kappa shape index (κ2) is 35.3. The van der Waals surface area contributed by atoms with Gasteiger partial charge < -0.3 is 59.1 Å². The highest BCUT2D eigenvalue weighted by molar-refractivity contribution is 5.91. The number of carboxylic acids is 5. The molecule has 0 bridgehead atoms. The van der Waals surface area contributed by atoms with Crippen LogP contribution in [0.3, 0.4) is 0 Å². The summed E-state index contributed by atoms with van der Waals surface area (Å²) in [4.78, 5) is 72.3. The van der Waals surface area contributed by atoms with Gasteiger partial charge in [-0.1, -0.05) is 6.42 Å². The molecule has 0 aliphatic heterocycles. The third-order valence-electron chi connectivity index (χ3n) is 4.45. The highest BCUT2D eigenvalue weighted by Gasteiger charge is 2.27. The second-order valence-corrected chi connectivity index (χ2v) is 9.00. The molecule has 260 valence electrons. The van der Waals surface area contributed by atoms with Crippen molar-refractivity contribution in [2.45, 2.75) is 104 Å². The van der Waals surface area contributed by atoms with Crippen LogP contribution >= 0.6 is 0 Å². The van der Waals surface area contributed by atoms with Crippen LogP contribution in [0.25, 0.3) is 0 Å². The molecule has 0 saturated carbocycles. The summed E-state index contributed by atoms with van der Waals surface area (Å²) in [5, 5.41) is 44.2. The first-order valence-corrected chi connectivity index (χ1v) is 13.8. The Bertz CT molecular complexity index is 750. The predicted octanol–water partition coefficient (Wildman–Crippen LogP) is -0.881. The van der Waals surface area contributed by atoms with E-state index in [0.717, 1.165) is 40.5 Å². The van der Waals surface area contributed by atoms with E-state index in [2.05, 4.69) is 10.6 Å². The maximum Gasteiger partial charge on any atom is 0.326 e. The predicted molar refractivity (Wildman–Crippen MR) is 161 cm³/mol. The number of hydrogen-bond donors (Lipinski definition) is 11. The van der Waals surface area contributed by atoms with Crippen LogP contribution in [0.4, 0.5) is 0 Å². The first kappa shape index (κ1) is 49.8. The number of carboxylic acid groups (broad SMARTS) is 5. The molecule has 0 saturated heterocycles. The van der Waals surface area contributed by atoms with Crippen LogP contribution in [0.15, 0.2) is 0 Å². The summed E-state index contributed by atoms with van der Waals surface area (Å²) in [7, 11) is 0. The number of nitrogens with one attached hydrogen (secondary N) is 2. The van der Waals surface area contributed by atoms with Crippen molar-refractivity contribution in [2.24, 2.45) is 22.9 Å². The fraction of sp³-hybridized carbons (Fsp3) is 0.731. The van der Waals surface area contributed by atoms with E-state index < -0.39 is 59.8 Å². The average Bonchev–Trinajstić information content (AvgIpc) is 2.86. The van der Waals surface area contributed by atoms with E-state index in [9.17, 15) is 19.5 Å². The van der Waals surface area contributed by atoms with Crippen molar-refractivity contribution in [3.63, 3.8) is 0 Å². The fourth-order valence-corrected chi connectivity index (χ4v) is 2.70. The van der Waals surface area contributed by atoms with Crippen molar-refractivity contribution in [2.75, 3.05) is 19.6 Å². The molecule has 0 spiro atoms. The molecule has 0 aromatic rings. The summed E-state index contributed by atoms with van der Waals surface area (Å²) in [6.07, 6.45) is 5.18. The van der Waals surface area contributed by atoms with Gasteiger partial charge in [0.15, 0.2) is 0 Å². The van der Waals surface area contributed by atoms with Gasteiger partial charge in [-0.3, -0.25) is 28.8 Å². The smallest absolute Gasteiger partial charge is 0.326 e. The molecular formula is C26H54N6O12. The number of carbonyl (C=O) groups excluding carboxylic acids is 2. The second-order valence-electron chi connectivity index (χ2n) is 9.00. The lowest BCUT2D eigenvalue weighted by molar-refractivity contribution is -0.142. The maximum absolute atomic E-state index is 12.6. The molecule has 0 heterocycles. The minimum absolute atomic E-state index is 0.278. The number of hydrogen-bond acceptors (Lipinski definition) is 11. The van der Waals surface area contributed by atoms with Crippen LogP contribution in [0, 0.1) is 0 Å². The molecule has 15 N–H and O–H groups in total. The van der Waals surface area contributed by atoms with Crippen LogP contribution in [0.5, 0.6) is 0 Å². The summed E-state index contributed by atoms with van der Waals surface area (Å²) in [5.74, 6) is -5.41. The molecule has 18 nitrogen and oxygen atoms in total. The van der Waals surface area contributed by atoms with E-state index in [0.29, 0.717) is 58.2 Å². The van der Waals surface area contributed by atoms with Crippen LogP contribution < -0.4 is 33.6 Å². The quantitative estimate of drug-likeness (QED) is 0.0857. The minimum atomic E-state index is -1.11. The van der Waals surface area contributed by atoms with E-state index >= 15 is 0 Å². The van der Waals surface area contributed by atoms with Gasteiger partial charge in [-0.2, -0.15) is 0 Å². The van der Waals surface area contributed by atoms with Gasteiger partial charge in [-0.25, -0.2) is 4.79 Å². The molecule has 3 atom stereocenters. The molecule has 0 radical (unpaired) electrons. The molecule has 2 amide bonds. The van der Waals surface area contributed by atoms with Crippen LogP contribution in [-0.2, 0) is 33.6 Å².